The molecule has 3 N–H and O–H groups in total. The highest BCUT2D eigenvalue weighted by atomic mass is 16.5. The summed E-state index contributed by atoms with van der Waals surface area (Å²) in [7, 11) is 2.70. The summed E-state index contributed by atoms with van der Waals surface area (Å²) in [5, 5.41) is 2.91. The van der Waals surface area contributed by atoms with E-state index in [1.165, 1.54) is 31.3 Å². The standard InChI is InChI=1S/C25H27N3O8/c1-33-18-11-15(12-19(34-2)22(18)35-13-20(26)29)23(31)36-14-21(30)28-17-8-4-3-7-16(17)27-24(32)25(28)9-5-6-10-25/h3-4,7-8,11-12H,5-6,9-10,13-14H2,1-2H3,(H2,26,29)(H,27,32). The van der Waals surface area contributed by atoms with Gasteiger partial charge >= 0.3 is 5.97 Å². The number of ether oxygens (including phenoxy) is 4. The number of rotatable bonds is 8. The van der Waals surface area contributed by atoms with E-state index in [0.717, 1.165) is 12.8 Å². The van der Waals surface area contributed by atoms with Crippen LogP contribution in [0.5, 0.6) is 17.2 Å². The lowest BCUT2D eigenvalue weighted by Gasteiger charge is -2.44. The molecule has 3 amide bonds. The maximum Gasteiger partial charge on any atom is 0.338 e. The van der Waals surface area contributed by atoms with E-state index >= 15 is 0 Å². The lowest BCUT2D eigenvalue weighted by Crippen LogP contribution is -2.61. The number of methoxy groups -OCH3 is 2. The number of primary amides is 1. The minimum absolute atomic E-state index is 0.0373. The van der Waals surface area contributed by atoms with Crippen LogP contribution < -0.4 is 30.2 Å². The van der Waals surface area contributed by atoms with Crippen molar-refractivity contribution < 1.29 is 38.1 Å². The SMILES string of the molecule is COc1cc(C(=O)OCC(=O)N2c3ccccc3NC(=O)C23CCCC3)cc(OC)c1OCC(N)=O. The molecule has 2 aliphatic rings. The number of benzene rings is 2. The Morgan fingerprint density at radius 3 is 2.28 bits per heavy atom. The van der Waals surface area contributed by atoms with Gasteiger partial charge in [0.25, 0.3) is 17.7 Å². The van der Waals surface area contributed by atoms with Crippen molar-refractivity contribution in [2.75, 3.05) is 37.7 Å². The Morgan fingerprint density at radius 2 is 1.67 bits per heavy atom. The molecule has 190 valence electrons. The third-order valence-corrected chi connectivity index (χ3v) is 6.31. The molecule has 0 radical (unpaired) electrons. The molecule has 0 saturated heterocycles. The van der Waals surface area contributed by atoms with Crippen molar-refractivity contribution in [3.8, 4) is 17.2 Å². The van der Waals surface area contributed by atoms with E-state index < -0.39 is 36.5 Å². The van der Waals surface area contributed by atoms with Crippen LogP contribution in [-0.4, -0.2) is 56.7 Å². The maximum atomic E-state index is 13.4. The molecule has 2 aromatic carbocycles. The van der Waals surface area contributed by atoms with Crippen molar-refractivity contribution in [2.24, 2.45) is 5.73 Å². The van der Waals surface area contributed by atoms with E-state index in [4.69, 9.17) is 24.7 Å². The van der Waals surface area contributed by atoms with Gasteiger partial charge in [-0.1, -0.05) is 25.0 Å². The van der Waals surface area contributed by atoms with Gasteiger partial charge in [0.15, 0.2) is 24.7 Å². The molecule has 1 heterocycles. The number of esters is 1. The minimum Gasteiger partial charge on any atom is -0.493 e. The number of nitrogens with two attached hydrogens (primary N) is 1. The molecule has 0 aromatic heterocycles. The average molecular weight is 498 g/mol. The number of carbonyl (C=O) groups excluding carboxylic acids is 4. The molecule has 36 heavy (non-hydrogen) atoms. The quantitative estimate of drug-likeness (QED) is 0.527. The second kappa shape index (κ2) is 10.1. The van der Waals surface area contributed by atoms with E-state index in [0.29, 0.717) is 24.2 Å². The predicted octanol–water partition coefficient (Wildman–Crippen LogP) is 2.02. The van der Waals surface area contributed by atoms with Crippen LogP contribution in [0.3, 0.4) is 0 Å². The van der Waals surface area contributed by atoms with Crippen LogP contribution >= 0.6 is 0 Å². The zero-order valence-corrected chi connectivity index (χ0v) is 20.0. The van der Waals surface area contributed by atoms with Gasteiger partial charge in [0.05, 0.1) is 31.2 Å². The van der Waals surface area contributed by atoms with Crippen molar-refractivity contribution in [1.29, 1.82) is 0 Å². The first-order valence-corrected chi connectivity index (χ1v) is 11.4. The van der Waals surface area contributed by atoms with E-state index in [-0.39, 0.29) is 28.7 Å². The number of hydrogen-bond acceptors (Lipinski definition) is 8. The Morgan fingerprint density at radius 1 is 1.03 bits per heavy atom. The Labute approximate surface area is 207 Å². The summed E-state index contributed by atoms with van der Waals surface area (Å²) in [6, 6.07) is 9.72. The van der Waals surface area contributed by atoms with Crippen LogP contribution in [0.25, 0.3) is 0 Å². The zero-order valence-electron chi connectivity index (χ0n) is 20.0. The molecule has 0 atom stereocenters. The highest BCUT2D eigenvalue weighted by molar-refractivity contribution is 6.15. The van der Waals surface area contributed by atoms with E-state index in [9.17, 15) is 19.2 Å². The molecular weight excluding hydrogens is 470 g/mol. The summed E-state index contributed by atoms with van der Waals surface area (Å²) < 4.78 is 21.2. The maximum absolute atomic E-state index is 13.4. The monoisotopic (exact) mass is 497 g/mol. The fourth-order valence-corrected chi connectivity index (χ4v) is 4.69. The van der Waals surface area contributed by atoms with Gasteiger partial charge in [-0.3, -0.25) is 19.3 Å². The average Bonchev–Trinajstić information content (AvgIpc) is 3.36. The summed E-state index contributed by atoms with van der Waals surface area (Å²) in [6.45, 7) is -0.996. The lowest BCUT2D eigenvalue weighted by atomic mass is 9.90. The topological polar surface area (TPSA) is 146 Å². The number of anilines is 2. The normalized spacial score (nSPS) is 15.6. The van der Waals surface area contributed by atoms with Crippen molar-refractivity contribution in [3.63, 3.8) is 0 Å². The van der Waals surface area contributed by atoms with E-state index in [2.05, 4.69) is 5.32 Å². The van der Waals surface area contributed by atoms with Crippen molar-refractivity contribution >= 4 is 35.1 Å². The van der Waals surface area contributed by atoms with Crippen LogP contribution in [0.15, 0.2) is 36.4 Å². The van der Waals surface area contributed by atoms with Gasteiger partial charge < -0.3 is 30.0 Å². The van der Waals surface area contributed by atoms with Gasteiger partial charge in [-0.25, -0.2) is 4.79 Å². The van der Waals surface area contributed by atoms with Crippen LogP contribution in [0.2, 0.25) is 0 Å². The third-order valence-electron chi connectivity index (χ3n) is 6.31. The van der Waals surface area contributed by atoms with Crippen molar-refractivity contribution in [2.45, 2.75) is 31.2 Å². The Kier molecular flexibility index (Phi) is 7.00. The number of nitrogens with one attached hydrogen (secondary N) is 1. The van der Waals surface area contributed by atoms with Crippen LogP contribution in [0, 0.1) is 0 Å². The molecule has 1 aliphatic carbocycles. The van der Waals surface area contributed by atoms with Gasteiger partial charge in [-0.05, 0) is 37.1 Å². The summed E-state index contributed by atoms with van der Waals surface area (Å²) in [5.41, 5.74) is 5.26. The summed E-state index contributed by atoms with van der Waals surface area (Å²) in [5.74, 6) is -1.94. The molecule has 1 saturated carbocycles. The minimum atomic E-state index is -1.01. The molecule has 11 heteroatoms. The zero-order chi connectivity index (χ0) is 25.9. The Hall–Kier alpha value is -4.28. The molecule has 1 fully saturated rings. The number of hydrogen-bond donors (Lipinski definition) is 2. The number of nitrogens with zero attached hydrogens (tertiary/aromatic N) is 1. The van der Waals surface area contributed by atoms with Crippen LogP contribution in [0.4, 0.5) is 11.4 Å². The summed E-state index contributed by atoms with van der Waals surface area (Å²) >= 11 is 0. The van der Waals surface area contributed by atoms with Crippen LogP contribution in [-0.2, 0) is 19.1 Å². The predicted molar refractivity (Wildman–Crippen MR) is 128 cm³/mol. The summed E-state index contributed by atoms with van der Waals surface area (Å²) in [4.78, 5) is 51.9. The summed E-state index contributed by atoms with van der Waals surface area (Å²) in [6.07, 6.45) is 2.66. The largest absolute Gasteiger partial charge is 0.493 e. The van der Waals surface area contributed by atoms with Gasteiger partial charge in [0.1, 0.15) is 5.54 Å². The van der Waals surface area contributed by atoms with Crippen molar-refractivity contribution in [3.05, 3.63) is 42.0 Å². The number of fused-ring (bicyclic) bond motifs is 1. The van der Waals surface area contributed by atoms with Gasteiger partial charge in [0, 0.05) is 0 Å². The fraction of sp³-hybridized carbons (Fsp3) is 0.360. The smallest absolute Gasteiger partial charge is 0.338 e. The molecule has 1 spiro atoms. The highest BCUT2D eigenvalue weighted by Crippen LogP contribution is 2.45. The molecule has 2 aromatic rings. The number of carbonyl (C=O) groups is 4. The third kappa shape index (κ3) is 4.51. The second-order valence-corrected chi connectivity index (χ2v) is 8.48. The molecule has 11 nitrogen and oxygen atoms in total. The van der Waals surface area contributed by atoms with Gasteiger partial charge in [-0.15, -0.1) is 0 Å². The number of para-hydroxylation sites is 2. The van der Waals surface area contributed by atoms with Crippen LogP contribution in [0.1, 0.15) is 36.0 Å². The van der Waals surface area contributed by atoms with Gasteiger partial charge in [0.2, 0.25) is 5.75 Å². The molecule has 0 unspecified atom stereocenters. The lowest BCUT2D eigenvalue weighted by molar-refractivity contribution is -0.129. The number of amides is 3. The van der Waals surface area contributed by atoms with Crippen molar-refractivity contribution in [1.82, 2.24) is 0 Å². The first-order chi connectivity index (χ1) is 17.3. The molecule has 1 aliphatic heterocycles. The van der Waals surface area contributed by atoms with Gasteiger partial charge in [-0.2, -0.15) is 0 Å². The molecule has 4 rings (SSSR count). The first kappa shape index (κ1) is 24.8. The second-order valence-electron chi connectivity index (χ2n) is 8.48. The first-order valence-electron chi connectivity index (χ1n) is 11.4. The van der Waals surface area contributed by atoms with E-state index in [1.807, 2.05) is 0 Å². The fourth-order valence-electron chi connectivity index (χ4n) is 4.69. The molecular formula is C25H27N3O8. The van der Waals surface area contributed by atoms with E-state index in [1.54, 1.807) is 24.3 Å². The Balaban J connectivity index is 1.56. The Bertz CT molecular complexity index is 1180. The molecule has 0 bridgehead atoms. The highest BCUT2D eigenvalue weighted by Gasteiger charge is 2.52.